The molecule has 148 valence electrons. The van der Waals surface area contributed by atoms with Crippen LogP contribution in [0.25, 0.3) is 11.0 Å². The van der Waals surface area contributed by atoms with Gasteiger partial charge in [0.05, 0.1) is 11.3 Å². The average molecular weight is 399 g/mol. The first-order valence-corrected chi connectivity index (χ1v) is 10.4. The van der Waals surface area contributed by atoms with E-state index in [1.54, 1.807) is 4.57 Å². The number of carbonyl (C=O) groups is 1. The van der Waals surface area contributed by atoms with Crippen LogP contribution in [0.2, 0.25) is 0 Å². The minimum absolute atomic E-state index is 0.00261. The molecule has 0 saturated carbocycles. The number of hydrogen-bond donors (Lipinski definition) is 2. The maximum absolute atomic E-state index is 13.0. The van der Waals surface area contributed by atoms with Crippen molar-refractivity contribution in [3.8, 4) is 0 Å². The van der Waals surface area contributed by atoms with Crippen molar-refractivity contribution in [2.75, 3.05) is 11.1 Å². The second-order valence-corrected chi connectivity index (χ2v) is 8.09. The van der Waals surface area contributed by atoms with Crippen molar-refractivity contribution >= 4 is 34.4 Å². The van der Waals surface area contributed by atoms with Crippen molar-refractivity contribution in [1.82, 2.24) is 14.5 Å². The van der Waals surface area contributed by atoms with E-state index in [0.717, 1.165) is 28.9 Å². The molecule has 0 fully saturated rings. The molecule has 0 aliphatic rings. The zero-order valence-electron chi connectivity index (χ0n) is 16.9. The Kier molecular flexibility index (Phi) is 5.93. The molecule has 1 aromatic carbocycles. The summed E-state index contributed by atoms with van der Waals surface area (Å²) in [6, 6.07) is 7.77. The molecular formula is C21H26N4O2S. The molecule has 0 radical (unpaired) electrons. The molecule has 1 unspecified atom stereocenters. The van der Waals surface area contributed by atoms with Crippen LogP contribution in [0.3, 0.4) is 0 Å². The van der Waals surface area contributed by atoms with Crippen LogP contribution in [-0.4, -0.2) is 26.2 Å². The number of fused-ring (bicyclic) bond motifs is 1. The van der Waals surface area contributed by atoms with Crippen LogP contribution in [0.15, 0.2) is 34.2 Å². The molecule has 6 nitrogen and oxygen atoms in total. The van der Waals surface area contributed by atoms with E-state index in [2.05, 4.69) is 15.3 Å². The fourth-order valence-electron chi connectivity index (χ4n) is 3.18. The fraction of sp³-hybridized carbons (Fsp3) is 0.381. The van der Waals surface area contributed by atoms with Gasteiger partial charge in [-0.1, -0.05) is 36.9 Å². The van der Waals surface area contributed by atoms with Crippen molar-refractivity contribution in [1.29, 1.82) is 0 Å². The normalized spacial score (nSPS) is 12.3. The third-order valence-electron chi connectivity index (χ3n) is 4.90. The third-order valence-corrected chi connectivity index (χ3v) is 5.85. The molecular weight excluding hydrogens is 372 g/mol. The minimum atomic E-state index is -0.113. The van der Waals surface area contributed by atoms with Gasteiger partial charge in [-0.25, -0.2) is 4.98 Å². The van der Waals surface area contributed by atoms with Crippen LogP contribution < -0.4 is 10.9 Å². The third kappa shape index (κ3) is 3.99. The van der Waals surface area contributed by atoms with Gasteiger partial charge in [0.1, 0.15) is 5.52 Å². The van der Waals surface area contributed by atoms with Crippen LogP contribution in [0.5, 0.6) is 0 Å². The van der Waals surface area contributed by atoms with Gasteiger partial charge in [0.2, 0.25) is 5.91 Å². The SMILES string of the molecule is CCC(C)n1c(SCC(=O)Nc2c(C)cccc2C)nc2cc(C)[nH]c2c1=O. The van der Waals surface area contributed by atoms with Gasteiger partial charge in [-0.05, 0) is 51.3 Å². The average Bonchev–Trinajstić information content (AvgIpc) is 3.03. The lowest BCUT2D eigenvalue weighted by Crippen LogP contribution is -2.26. The summed E-state index contributed by atoms with van der Waals surface area (Å²) < 4.78 is 1.69. The molecule has 3 rings (SSSR count). The number of thioether (sulfide) groups is 1. The fourth-order valence-corrected chi connectivity index (χ4v) is 4.08. The van der Waals surface area contributed by atoms with Gasteiger partial charge in [-0.3, -0.25) is 14.2 Å². The van der Waals surface area contributed by atoms with Crippen molar-refractivity contribution in [3.63, 3.8) is 0 Å². The molecule has 0 spiro atoms. The van der Waals surface area contributed by atoms with Crippen LogP contribution in [-0.2, 0) is 4.79 Å². The number of aromatic nitrogens is 3. The topological polar surface area (TPSA) is 79.8 Å². The second kappa shape index (κ2) is 8.22. The predicted molar refractivity (Wildman–Crippen MR) is 115 cm³/mol. The van der Waals surface area contributed by atoms with Gasteiger partial charge in [0, 0.05) is 17.4 Å². The predicted octanol–water partition coefficient (Wildman–Crippen LogP) is 4.35. The summed E-state index contributed by atoms with van der Waals surface area (Å²) in [5.74, 6) is 0.0728. The van der Waals surface area contributed by atoms with Crippen molar-refractivity contribution in [2.45, 2.75) is 52.2 Å². The van der Waals surface area contributed by atoms with E-state index >= 15 is 0 Å². The van der Waals surface area contributed by atoms with Gasteiger partial charge in [-0.2, -0.15) is 0 Å². The molecule has 0 aliphatic carbocycles. The number of rotatable bonds is 6. The Morgan fingerprint density at radius 1 is 1.29 bits per heavy atom. The summed E-state index contributed by atoms with van der Waals surface area (Å²) in [6.45, 7) is 9.87. The molecule has 2 heterocycles. The molecule has 0 saturated heterocycles. The Balaban J connectivity index is 1.87. The summed E-state index contributed by atoms with van der Waals surface area (Å²) in [7, 11) is 0. The Bertz CT molecular complexity index is 1060. The van der Waals surface area contributed by atoms with Crippen LogP contribution >= 0.6 is 11.8 Å². The number of amides is 1. The monoisotopic (exact) mass is 398 g/mol. The Morgan fingerprint density at radius 2 is 1.96 bits per heavy atom. The van der Waals surface area contributed by atoms with Crippen LogP contribution in [0.4, 0.5) is 5.69 Å². The summed E-state index contributed by atoms with van der Waals surface area (Å²) in [6.07, 6.45) is 0.801. The van der Waals surface area contributed by atoms with E-state index in [1.807, 2.05) is 58.9 Å². The first-order valence-electron chi connectivity index (χ1n) is 9.42. The number of aryl methyl sites for hydroxylation is 3. The summed E-state index contributed by atoms with van der Waals surface area (Å²) >= 11 is 1.29. The second-order valence-electron chi connectivity index (χ2n) is 7.14. The number of anilines is 1. The summed E-state index contributed by atoms with van der Waals surface area (Å²) in [5.41, 5.74) is 4.85. The largest absolute Gasteiger partial charge is 0.353 e. The van der Waals surface area contributed by atoms with Gasteiger partial charge < -0.3 is 10.3 Å². The maximum atomic E-state index is 13.0. The van der Waals surface area contributed by atoms with Gasteiger partial charge in [0.15, 0.2) is 5.16 Å². The lowest BCUT2D eigenvalue weighted by Gasteiger charge is -2.17. The molecule has 0 aliphatic heterocycles. The van der Waals surface area contributed by atoms with Crippen molar-refractivity contribution in [2.24, 2.45) is 0 Å². The Morgan fingerprint density at radius 3 is 2.61 bits per heavy atom. The lowest BCUT2D eigenvalue weighted by molar-refractivity contribution is -0.113. The molecule has 3 aromatic rings. The molecule has 1 amide bonds. The van der Waals surface area contributed by atoms with E-state index in [0.29, 0.717) is 16.2 Å². The zero-order chi connectivity index (χ0) is 20.4. The molecule has 2 N–H and O–H groups in total. The van der Waals surface area contributed by atoms with Crippen LogP contribution in [0, 0.1) is 20.8 Å². The number of benzene rings is 1. The lowest BCUT2D eigenvalue weighted by atomic mass is 10.1. The van der Waals surface area contributed by atoms with E-state index < -0.39 is 0 Å². The molecule has 2 aromatic heterocycles. The number of para-hydroxylation sites is 1. The minimum Gasteiger partial charge on any atom is -0.353 e. The molecule has 0 bridgehead atoms. The van der Waals surface area contributed by atoms with Gasteiger partial charge >= 0.3 is 0 Å². The van der Waals surface area contributed by atoms with Crippen molar-refractivity contribution in [3.05, 3.63) is 51.4 Å². The smallest absolute Gasteiger partial charge is 0.278 e. The highest BCUT2D eigenvalue weighted by Gasteiger charge is 2.18. The molecule has 1 atom stereocenters. The van der Waals surface area contributed by atoms with E-state index in [1.165, 1.54) is 11.8 Å². The van der Waals surface area contributed by atoms with Gasteiger partial charge in [0.25, 0.3) is 5.56 Å². The maximum Gasteiger partial charge on any atom is 0.278 e. The quantitative estimate of drug-likeness (QED) is 0.478. The summed E-state index contributed by atoms with van der Waals surface area (Å²) in [5, 5.41) is 3.56. The first kappa shape index (κ1) is 20.2. The number of nitrogens with zero attached hydrogens (tertiary/aromatic N) is 2. The Labute approximate surface area is 168 Å². The van der Waals surface area contributed by atoms with Crippen LogP contribution in [0.1, 0.15) is 43.1 Å². The highest BCUT2D eigenvalue weighted by molar-refractivity contribution is 7.99. The molecule has 28 heavy (non-hydrogen) atoms. The number of carbonyl (C=O) groups excluding carboxylic acids is 1. The molecule has 7 heteroatoms. The van der Waals surface area contributed by atoms with Crippen molar-refractivity contribution < 1.29 is 4.79 Å². The number of hydrogen-bond acceptors (Lipinski definition) is 4. The highest BCUT2D eigenvalue weighted by Crippen LogP contribution is 2.24. The van der Waals surface area contributed by atoms with Gasteiger partial charge in [-0.15, -0.1) is 0 Å². The number of H-pyrrole nitrogens is 1. The standard InChI is InChI=1S/C21H26N4O2S/c1-6-15(5)25-20(27)19-16(10-14(4)22-19)23-21(25)28-11-17(26)24-18-12(2)8-7-9-13(18)3/h7-10,15,22H,6,11H2,1-5H3,(H,24,26). The highest BCUT2D eigenvalue weighted by atomic mass is 32.2. The van der Waals surface area contributed by atoms with E-state index in [-0.39, 0.29) is 23.3 Å². The van der Waals surface area contributed by atoms with E-state index in [4.69, 9.17) is 0 Å². The first-order chi connectivity index (χ1) is 13.3. The zero-order valence-corrected chi connectivity index (χ0v) is 17.7. The Hall–Kier alpha value is -2.54. The number of aromatic amines is 1. The van der Waals surface area contributed by atoms with E-state index in [9.17, 15) is 9.59 Å². The summed E-state index contributed by atoms with van der Waals surface area (Å²) in [4.78, 5) is 33.3. The number of nitrogens with one attached hydrogen (secondary N) is 2.